The van der Waals surface area contributed by atoms with Crippen LogP contribution in [0.15, 0.2) is 18.2 Å². The molecular formula is C12H16N2O2. The summed E-state index contributed by atoms with van der Waals surface area (Å²) >= 11 is 0. The molecule has 0 spiro atoms. The highest BCUT2D eigenvalue weighted by Crippen LogP contribution is 2.47. The molecule has 0 heterocycles. The standard InChI is InChI=1S/C12H16N2O2/c1-12(2)6-10(12)14-9-4-3-7(11(15)16)5-8(9)13/h3-5,10,14H,6,13H2,1-2H3,(H,15,16). The molecule has 1 unspecified atom stereocenters. The lowest BCUT2D eigenvalue weighted by molar-refractivity contribution is 0.0697. The van der Waals surface area contributed by atoms with Crippen molar-refractivity contribution in [3.05, 3.63) is 23.8 Å². The number of carboxylic acid groups (broad SMARTS) is 1. The molecule has 0 aromatic heterocycles. The van der Waals surface area contributed by atoms with E-state index >= 15 is 0 Å². The molecule has 1 aromatic carbocycles. The molecule has 0 bridgehead atoms. The fourth-order valence-corrected chi connectivity index (χ4v) is 1.73. The fraction of sp³-hybridized carbons (Fsp3) is 0.417. The Bertz CT molecular complexity index is 441. The number of carboxylic acids is 1. The number of nitrogens with two attached hydrogens (primary N) is 1. The van der Waals surface area contributed by atoms with Gasteiger partial charge >= 0.3 is 5.97 Å². The van der Waals surface area contributed by atoms with Gasteiger partial charge in [0.25, 0.3) is 0 Å². The van der Waals surface area contributed by atoms with Crippen molar-refractivity contribution >= 4 is 17.3 Å². The van der Waals surface area contributed by atoms with Crippen LogP contribution in [0.4, 0.5) is 11.4 Å². The van der Waals surface area contributed by atoms with Gasteiger partial charge in [-0.05, 0) is 30.0 Å². The SMILES string of the molecule is CC1(C)CC1Nc1ccc(C(=O)O)cc1N. The molecule has 0 amide bonds. The summed E-state index contributed by atoms with van der Waals surface area (Å²) < 4.78 is 0. The highest BCUT2D eigenvalue weighted by atomic mass is 16.4. The topological polar surface area (TPSA) is 75.3 Å². The Morgan fingerprint density at radius 3 is 2.62 bits per heavy atom. The first-order chi connectivity index (χ1) is 7.40. The maximum Gasteiger partial charge on any atom is 0.335 e. The van der Waals surface area contributed by atoms with Crippen LogP contribution < -0.4 is 11.1 Å². The molecule has 1 aromatic rings. The minimum Gasteiger partial charge on any atom is -0.478 e. The van der Waals surface area contributed by atoms with E-state index in [2.05, 4.69) is 19.2 Å². The first-order valence-corrected chi connectivity index (χ1v) is 5.29. The van der Waals surface area contributed by atoms with Crippen LogP contribution in [0.2, 0.25) is 0 Å². The minimum atomic E-state index is -0.954. The highest BCUT2D eigenvalue weighted by Gasteiger charge is 2.45. The van der Waals surface area contributed by atoms with Gasteiger partial charge in [0.05, 0.1) is 16.9 Å². The smallest absolute Gasteiger partial charge is 0.335 e. The second-order valence-electron chi connectivity index (χ2n) is 5.00. The maximum atomic E-state index is 10.7. The highest BCUT2D eigenvalue weighted by molar-refractivity contribution is 5.90. The summed E-state index contributed by atoms with van der Waals surface area (Å²) in [7, 11) is 0. The van der Waals surface area contributed by atoms with Gasteiger partial charge in [-0.15, -0.1) is 0 Å². The summed E-state index contributed by atoms with van der Waals surface area (Å²) in [5, 5.41) is 12.1. The summed E-state index contributed by atoms with van der Waals surface area (Å²) in [6.45, 7) is 4.37. The van der Waals surface area contributed by atoms with Crippen molar-refractivity contribution in [2.24, 2.45) is 5.41 Å². The zero-order chi connectivity index (χ0) is 11.9. The van der Waals surface area contributed by atoms with Crippen molar-refractivity contribution < 1.29 is 9.90 Å². The van der Waals surface area contributed by atoms with Crippen LogP contribution in [0, 0.1) is 5.41 Å². The number of hydrogen-bond donors (Lipinski definition) is 3. The zero-order valence-electron chi connectivity index (χ0n) is 9.45. The van der Waals surface area contributed by atoms with Gasteiger partial charge in [0, 0.05) is 6.04 Å². The maximum absolute atomic E-state index is 10.7. The van der Waals surface area contributed by atoms with E-state index in [0.717, 1.165) is 12.1 Å². The predicted molar refractivity (Wildman–Crippen MR) is 63.6 cm³/mol. The molecule has 0 radical (unpaired) electrons. The van der Waals surface area contributed by atoms with Crippen LogP contribution in [0.3, 0.4) is 0 Å². The number of rotatable bonds is 3. The van der Waals surface area contributed by atoms with Crippen molar-refractivity contribution in [1.29, 1.82) is 0 Å². The number of aromatic carboxylic acids is 1. The third-order valence-corrected chi connectivity index (χ3v) is 3.14. The van der Waals surface area contributed by atoms with Crippen LogP contribution >= 0.6 is 0 Å². The van der Waals surface area contributed by atoms with Crippen molar-refractivity contribution in [2.45, 2.75) is 26.3 Å². The van der Waals surface area contributed by atoms with Crippen LogP contribution in [0.25, 0.3) is 0 Å². The van der Waals surface area contributed by atoms with Crippen LogP contribution in [-0.2, 0) is 0 Å². The molecule has 1 aliphatic rings. The molecule has 1 saturated carbocycles. The molecule has 0 saturated heterocycles. The number of hydrogen-bond acceptors (Lipinski definition) is 3. The van der Waals surface area contributed by atoms with E-state index in [4.69, 9.17) is 10.8 Å². The number of benzene rings is 1. The van der Waals surface area contributed by atoms with Gasteiger partial charge in [0.2, 0.25) is 0 Å². The van der Waals surface area contributed by atoms with E-state index in [1.165, 1.54) is 6.07 Å². The van der Waals surface area contributed by atoms with Gasteiger partial charge in [-0.1, -0.05) is 13.8 Å². The van der Waals surface area contributed by atoms with E-state index in [0.29, 0.717) is 17.1 Å². The molecule has 86 valence electrons. The average Bonchev–Trinajstić information content (AvgIpc) is 2.77. The average molecular weight is 220 g/mol. The molecule has 0 aliphatic heterocycles. The van der Waals surface area contributed by atoms with E-state index in [9.17, 15) is 4.79 Å². The van der Waals surface area contributed by atoms with Gasteiger partial charge in [-0.2, -0.15) is 0 Å². The monoisotopic (exact) mass is 220 g/mol. The Hall–Kier alpha value is -1.71. The summed E-state index contributed by atoms with van der Waals surface area (Å²) in [4.78, 5) is 10.7. The molecule has 2 rings (SSSR count). The van der Waals surface area contributed by atoms with Gasteiger partial charge in [0.1, 0.15) is 0 Å². The summed E-state index contributed by atoms with van der Waals surface area (Å²) in [6, 6.07) is 5.22. The Morgan fingerprint density at radius 1 is 1.56 bits per heavy atom. The molecule has 1 fully saturated rings. The van der Waals surface area contributed by atoms with E-state index in [-0.39, 0.29) is 5.56 Å². The molecule has 1 atom stereocenters. The second kappa shape index (κ2) is 3.40. The Balaban J connectivity index is 2.14. The third kappa shape index (κ3) is 1.96. The van der Waals surface area contributed by atoms with Gasteiger partial charge in [-0.3, -0.25) is 0 Å². The van der Waals surface area contributed by atoms with E-state index in [1.807, 2.05) is 0 Å². The molecule has 4 nitrogen and oxygen atoms in total. The number of carbonyl (C=O) groups is 1. The molecule has 1 aliphatic carbocycles. The number of nitrogen functional groups attached to an aromatic ring is 1. The van der Waals surface area contributed by atoms with Crippen molar-refractivity contribution in [2.75, 3.05) is 11.1 Å². The van der Waals surface area contributed by atoms with Gasteiger partial charge in [0.15, 0.2) is 0 Å². The summed E-state index contributed by atoms with van der Waals surface area (Å²) in [6.07, 6.45) is 1.12. The summed E-state index contributed by atoms with van der Waals surface area (Å²) in [5.41, 5.74) is 7.64. The van der Waals surface area contributed by atoms with Crippen LogP contribution in [-0.4, -0.2) is 17.1 Å². The van der Waals surface area contributed by atoms with Crippen molar-refractivity contribution in [1.82, 2.24) is 0 Å². The molecule has 4 N–H and O–H groups in total. The van der Waals surface area contributed by atoms with E-state index < -0.39 is 5.97 Å². The molecule has 16 heavy (non-hydrogen) atoms. The largest absolute Gasteiger partial charge is 0.478 e. The Kier molecular flexibility index (Phi) is 2.30. The zero-order valence-corrected chi connectivity index (χ0v) is 9.45. The molecule has 4 heteroatoms. The minimum absolute atomic E-state index is 0.220. The lowest BCUT2D eigenvalue weighted by Gasteiger charge is -2.11. The van der Waals surface area contributed by atoms with Crippen molar-refractivity contribution in [3.8, 4) is 0 Å². The number of nitrogens with one attached hydrogen (secondary N) is 1. The Morgan fingerprint density at radius 2 is 2.19 bits per heavy atom. The quantitative estimate of drug-likeness (QED) is 0.682. The normalized spacial score (nSPS) is 21.5. The second-order valence-corrected chi connectivity index (χ2v) is 5.00. The van der Waals surface area contributed by atoms with Gasteiger partial charge in [-0.25, -0.2) is 4.79 Å². The molecular weight excluding hydrogens is 204 g/mol. The summed E-state index contributed by atoms with van der Waals surface area (Å²) in [5.74, 6) is -0.954. The lowest BCUT2D eigenvalue weighted by atomic mass is 10.1. The number of anilines is 2. The van der Waals surface area contributed by atoms with Gasteiger partial charge < -0.3 is 16.2 Å². The predicted octanol–water partition coefficient (Wildman–Crippen LogP) is 2.18. The fourth-order valence-electron chi connectivity index (χ4n) is 1.73. The first-order valence-electron chi connectivity index (χ1n) is 5.29. The third-order valence-electron chi connectivity index (χ3n) is 3.14. The van der Waals surface area contributed by atoms with Crippen molar-refractivity contribution in [3.63, 3.8) is 0 Å². The first kappa shape index (κ1) is 10.8. The Labute approximate surface area is 94.5 Å². The van der Waals surface area contributed by atoms with E-state index in [1.54, 1.807) is 12.1 Å². The van der Waals surface area contributed by atoms with Crippen LogP contribution in [0.5, 0.6) is 0 Å². The lowest BCUT2D eigenvalue weighted by Crippen LogP contribution is -2.10. The van der Waals surface area contributed by atoms with Crippen LogP contribution in [0.1, 0.15) is 30.6 Å².